The minimum absolute atomic E-state index is 0.104. The van der Waals surface area contributed by atoms with Gasteiger partial charge >= 0.3 is 23.8 Å². The van der Waals surface area contributed by atoms with Crippen LogP contribution >= 0.6 is 0 Å². The monoisotopic (exact) mass is 720 g/mol. The van der Waals surface area contributed by atoms with Crippen LogP contribution in [0.4, 0.5) is 10.1 Å². The van der Waals surface area contributed by atoms with Crippen LogP contribution < -0.4 is 10.6 Å². The molecule has 3 unspecified atom stereocenters. The van der Waals surface area contributed by atoms with Crippen LogP contribution in [0.3, 0.4) is 0 Å². The molecule has 0 bridgehead atoms. The first-order valence-electron chi connectivity index (χ1n) is 13.8. The zero-order valence-corrected chi connectivity index (χ0v) is 25.0. The number of benzene rings is 2. The number of ether oxygens (including phenoxy) is 1. The number of aliphatic hydroxyl groups is 13. The molecule has 2 aromatic rings. The van der Waals surface area contributed by atoms with Gasteiger partial charge in [0.15, 0.2) is 0 Å². The maximum atomic E-state index is 16.2. The molecular weight excluding hydrogens is 691 g/mol. The number of nitrogens with zero attached hydrogens (tertiary/aromatic N) is 2. The highest BCUT2D eigenvalue weighted by molar-refractivity contribution is 6.04. The topological polar surface area (TPSA) is 372 Å². The van der Waals surface area contributed by atoms with E-state index in [1.807, 2.05) is 10.6 Å². The lowest BCUT2D eigenvalue weighted by molar-refractivity contribution is -0.660. The molecule has 0 aliphatic carbocycles. The predicted molar refractivity (Wildman–Crippen MR) is 145 cm³/mol. The van der Waals surface area contributed by atoms with E-state index in [0.29, 0.717) is 18.2 Å². The molecule has 3 aliphatic rings. The van der Waals surface area contributed by atoms with E-state index in [-0.39, 0.29) is 11.2 Å². The smallest absolute Gasteiger partial charge is 0.359 e. The molecule has 15 N–H and O–H groups in total. The summed E-state index contributed by atoms with van der Waals surface area (Å²) in [5.74, 6) is -34.0. The number of amides is 2. The van der Waals surface area contributed by atoms with Crippen molar-refractivity contribution in [3.63, 3.8) is 0 Å². The van der Waals surface area contributed by atoms with E-state index < -0.39 is 111 Å². The summed E-state index contributed by atoms with van der Waals surface area (Å²) < 4.78 is 20.0. The molecule has 0 spiro atoms. The van der Waals surface area contributed by atoms with Gasteiger partial charge in [-0.1, -0.05) is 12.1 Å². The van der Waals surface area contributed by atoms with E-state index in [9.17, 15) is 80.8 Å². The number of likely N-dealkylation sites (N-methyl/N-ethyl adjacent to an activating group) is 1. The number of rotatable bonds is 9. The summed E-state index contributed by atoms with van der Waals surface area (Å²) in [5, 5.41) is 142. The molecule has 0 aromatic heterocycles. The second-order valence-corrected chi connectivity index (χ2v) is 11.2. The third-order valence-corrected chi connectivity index (χ3v) is 8.09. The summed E-state index contributed by atoms with van der Waals surface area (Å²) in [6.45, 7) is 0. The lowest BCUT2D eigenvalue weighted by atomic mass is 10.00. The predicted octanol–water partition coefficient (Wildman–Crippen LogP) is -7.04. The number of hydrogen-bond acceptors (Lipinski definition) is 21. The molecule has 3 atom stereocenters. The summed E-state index contributed by atoms with van der Waals surface area (Å²) in [4.78, 5) is 44.6. The highest BCUT2D eigenvalue weighted by atomic mass is 19.1. The SMILES string of the molecule is CNC(=O)C(O)(CCC=O)N1C(=O)c2cccc(NC(O)(O)c3cccc(C4(O)OOC5(O)N4C(O)(O)C(O)(O)OC5(O)O)c3F)c2C1(O)O. The fourth-order valence-electron chi connectivity index (χ4n) is 5.75. The Bertz CT molecular complexity index is 1760. The molecular formula is C26H29FN4O19. The molecule has 23 nitrogen and oxygen atoms in total. The molecule has 2 aromatic carbocycles. The quantitative estimate of drug-likeness (QED) is 0.0650. The minimum atomic E-state index is -4.57. The van der Waals surface area contributed by atoms with Crippen LogP contribution in [0.5, 0.6) is 0 Å². The zero-order chi connectivity index (χ0) is 37.7. The molecule has 2 saturated heterocycles. The van der Waals surface area contributed by atoms with E-state index >= 15 is 4.39 Å². The van der Waals surface area contributed by atoms with Gasteiger partial charge in [0.2, 0.25) is 5.72 Å². The molecule has 274 valence electrons. The molecule has 50 heavy (non-hydrogen) atoms. The summed E-state index contributed by atoms with van der Waals surface area (Å²) in [6.07, 6.45) is -1.16. The van der Waals surface area contributed by atoms with E-state index in [0.717, 1.165) is 25.2 Å². The summed E-state index contributed by atoms with van der Waals surface area (Å²) in [5.41, 5.74) is -8.37. The van der Waals surface area contributed by atoms with E-state index in [1.54, 1.807) is 0 Å². The maximum Gasteiger partial charge on any atom is 0.359 e. The third-order valence-electron chi connectivity index (χ3n) is 8.09. The Balaban J connectivity index is 1.58. The Kier molecular flexibility index (Phi) is 8.44. The number of carbonyl (C=O) groups is 3. The minimum Gasteiger partial charge on any atom is -0.363 e. The van der Waals surface area contributed by atoms with Gasteiger partial charge in [-0.3, -0.25) is 14.3 Å². The first-order valence-corrected chi connectivity index (χ1v) is 13.8. The van der Waals surface area contributed by atoms with Gasteiger partial charge in [-0.05, 0) is 24.3 Å². The Morgan fingerprint density at radius 2 is 1.56 bits per heavy atom. The van der Waals surface area contributed by atoms with Crippen molar-refractivity contribution < 1.29 is 99.7 Å². The van der Waals surface area contributed by atoms with Crippen LogP contribution in [-0.4, -0.2) is 131 Å². The number of aldehydes is 1. The lowest BCUT2D eigenvalue weighted by Crippen LogP contribution is -2.85. The van der Waals surface area contributed by atoms with Crippen molar-refractivity contribution in [2.24, 2.45) is 0 Å². The average Bonchev–Trinajstić information content (AvgIpc) is 3.42. The second-order valence-electron chi connectivity index (χ2n) is 11.2. The van der Waals surface area contributed by atoms with Crippen LogP contribution in [0.15, 0.2) is 36.4 Å². The van der Waals surface area contributed by atoms with Gasteiger partial charge < -0.3 is 81.8 Å². The Labute approximate surface area is 275 Å². The van der Waals surface area contributed by atoms with Gasteiger partial charge in [-0.25, -0.2) is 9.29 Å². The number of halogens is 1. The molecule has 3 aliphatic heterocycles. The van der Waals surface area contributed by atoms with Crippen molar-refractivity contribution in [2.45, 2.75) is 60.1 Å². The molecule has 0 radical (unpaired) electrons. The maximum absolute atomic E-state index is 16.2. The van der Waals surface area contributed by atoms with E-state index in [4.69, 9.17) is 0 Å². The average molecular weight is 721 g/mol. The lowest BCUT2D eigenvalue weighted by Gasteiger charge is -2.54. The fourth-order valence-corrected chi connectivity index (χ4v) is 5.75. The number of hydrogen-bond donors (Lipinski definition) is 15. The van der Waals surface area contributed by atoms with Gasteiger partial charge in [-0.15, -0.1) is 4.90 Å². The second kappa shape index (κ2) is 11.3. The molecule has 0 saturated carbocycles. The Hall–Kier alpha value is -3.90. The molecule has 2 fully saturated rings. The number of carbonyl (C=O) groups excluding carboxylic acids is 3. The van der Waals surface area contributed by atoms with E-state index in [2.05, 4.69) is 14.5 Å². The van der Waals surface area contributed by atoms with Crippen LogP contribution in [0.2, 0.25) is 0 Å². The Morgan fingerprint density at radius 1 is 0.940 bits per heavy atom. The normalized spacial score (nSPS) is 27.7. The van der Waals surface area contributed by atoms with Crippen LogP contribution in [-0.2, 0) is 41.8 Å². The Morgan fingerprint density at radius 3 is 2.16 bits per heavy atom. The van der Waals surface area contributed by atoms with Gasteiger partial charge in [-0.2, -0.15) is 9.78 Å². The largest absolute Gasteiger partial charge is 0.363 e. The molecule has 5 rings (SSSR count). The van der Waals surface area contributed by atoms with Gasteiger partial charge in [0.1, 0.15) is 12.1 Å². The zero-order valence-electron chi connectivity index (χ0n) is 25.0. The first-order chi connectivity index (χ1) is 22.8. The number of morpholine rings is 1. The summed E-state index contributed by atoms with van der Waals surface area (Å²) in [7, 11) is 1.02. The fraction of sp³-hybridized carbons (Fsp3) is 0.423. The van der Waals surface area contributed by atoms with Crippen LogP contribution in [0.25, 0.3) is 0 Å². The van der Waals surface area contributed by atoms with Crippen molar-refractivity contribution in [2.75, 3.05) is 12.4 Å². The van der Waals surface area contributed by atoms with Gasteiger partial charge in [0.25, 0.3) is 29.5 Å². The van der Waals surface area contributed by atoms with Crippen molar-refractivity contribution in [1.82, 2.24) is 15.1 Å². The highest BCUT2D eigenvalue weighted by Crippen LogP contribution is 2.55. The van der Waals surface area contributed by atoms with Gasteiger partial charge in [0, 0.05) is 25.6 Å². The van der Waals surface area contributed by atoms with Crippen molar-refractivity contribution >= 4 is 23.8 Å². The van der Waals surface area contributed by atoms with Crippen LogP contribution in [0, 0.1) is 5.82 Å². The van der Waals surface area contributed by atoms with Crippen LogP contribution in [0.1, 0.15) is 39.9 Å². The number of nitrogens with one attached hydrogen (secondary N) is 2. The van der Waals surface area contributed by atoms with E-state index in [1.165, 1.54) is 0 Å². The van der Waals surface area contributed by atoms with Crippen molar-refractivity contribution in [1.29, 1.82) is 0 Å². The molecule has 3 heterocycles. The third kappa shape index (κ3) is 4.92. The van der Waals surface area contributed by atoms with Gasteiger partial charge in [0.05, 0.1) is 22.3 Å². The number of fused-ring (bicyclic) bond motifs is 2. The van der Waals surface area contributed by atoms with Crippen molar-refractivity contribution in [3.8, 4) is 0 Å². The molecule has 24 heteroatoms. The van der Waals surface area contributed by atoms with Crippen molar-refractivity contribution in [3.05, 3.63) is 64.5 Å². The number of anilines is 1. The highest BCUT2D eigenvalue weighted by Gasteiger charge is 2.84. The molecule has 2 amide bonds. The first kappa shape index (κ1) is 37.4. The summed E-state index contributed by atoms with van der Waals surface area (Å²) in [6, 6.07) is 4.67. The summed E-state index contributed by atoms with van der Waals surface area (Å²) >= 11 is 0. The standard InChI is InChI=1S/C26H29FN4O19/c1-28-18(34)19(35,9-4-10-32)30-17(33)11-5-2-8-14(15(11)21(30,38)39)29-20(36,37)12-6-3-7-13(16(12)27)22(40)31-23(41,42)25(44,45)48-26(46,47)24(31,43)50-49-22/h2-3,5-8,10,29,35-47H,4,9H2,1H3,(H,28,34).